The second-order valence-corrected chi connectivity index (χ2v) is 9.15. The Morgan fingerprint density at radius 1 is 1.00 bits per heavy atom. The molecule has 0 spiro atoms. The van der Waals surface area contributed by atoms with Crippen molar-refractivity contribution in [2.45, 2.75) is 23.5 Å². The van der Waals surface area contributed by atoms with Gasteiger partial charge >= 0.3 is 0 Å². The van der Waals surface area contributed by atoms with Crippen molar-refractivity contribution in [3.05, 3.63) is 60.6 Å². The Morgan fingerprint density at radius 2 is 1.69 bits per heavy atom. The van der Waals surface area contributed by atoms with Crippen molar-refractivity contribution in [1.82, 2.24) is 15.0 Å². The van der Waals surface area contributed by atoms with Gasteiger partial charge in [0, 0.05) is 47.7 Å². The van der Waals surface area contributed by atoms with E-state index in [2.05, 4.69) is 29.8 Å². The molecule has 0 bridgehead atoms. The van der Waals surface area contributed by atoms with Gasteiger partial charge < -0.3 is 15.4 Å². The summed E-state index contributed by atoms with van der Waals surface area (Å²) in [6.07, 6.45) is 3.63. The first-order valence-corrected chi connectivity index (χ1v) is 10.5. The Morgan fingerprint density at radius 3 is 2.38 bits per heavy atom. The third-order valence-corrected chi connectivity index (χ3v) is 6.08. The highest BCUT2D eigenvalue weighted by Crippen LogP contribution is 2.41. The van der Waals surface area contributed by atoms with Gasteiger partial charge in [-0.25, -0.2) is 9.97 Å². The number of hydrogen-bond donors (Lipinski definition) is 1. The molecule has 1 saturated heterocycles. The Bertz CT molecular complexity index is 957. The second-order valence-electron chi connectivity index (χ2n) is 7.45. The SMILES string of the molecule is CC(C)(Sc1ccncc1)c1cc(N2CCOCC2)nc(-c2ccc(N)cc2)n1. The van der Waals surface area contributed by atoms with Gasteiger partial charge in [-0.15, -0.1) is 11.8 Å². The van der Waals surface area contributed by atoms with Gasteiger partial charge in [0.05, 0.1) is 23.7 Å². The minimum absolute atomic E-state index is 0.242. The van der Waals surface area contributed by atoms with Gasteiger partial charge in [-0.05, 0) is 50.2 Å². The van der Waals surface area contributed by atoms with E-state index in [-0.39, 0.29) is 4.75 Å². The van der Waals surface area contributed by atoms with Crippen molar-refractivity contribution in [3.8, 4) is 11.4 Å². The summed E-state index contributed by atoms with van der Waals surface area (Å²) in [5.74, 6) is 1.65. The zero-order chi connectivity index (χ0) is 20.3. The number of hydrogen-bond acceptors (Lipinski definition) is 7. The zero-order valence-corrected chi connectivity index (χ0v) is 17.5. The molecular weight excluding hydrogens is 382 g/mol. The molecular formula is C22H25N5OS. The van der Waals surface area contributed by atoms with E-state index in [0.717, 1.165) is 40.7 Å². The van der Waals surface area contributed by atoms with Crippen molar-refractivity contribution < 1.29 is 4.74 Å². The summed E-state index contributed by atoms with van der Waals surface area (Å²) in [6.45, 7) is 7.47. The highest BCUT2D eigenvalue weighted by Gasteiger charge is 2.27. The number of anilines is 2. The van der Waals surface area contributed by atoms with Gasteiger partial charge in [0.1, 0.15) is 5.82 Å². The van der Waals surface area contributed by atoms with Crippen LogP contribution in [0.5, 0.6) is 0 Å². The lowest BCUT2D eigenvalue weighted by atomic mass is 10.1. The molecule has 6 nitrogen and oxygen atoms in total. The van der Waals surface area contributed by atoms with Gasteiger partial charge in [-0.1, -0.05) is 0 Å². The summed E-state index contributed by atoms with van der Waals surface area (Å²) >= 11 is 1.77. The smallest absolute Gasteiger partial charge is 0.161 e. The number of thioether (sulfide) groups is 1. The number of morpholine rings is 1. The topological polar surface area (TPSA) is 77.2 Å². The van der Waals surface area contributed by atoms with Crippen molar-refractivity contribution in [3.63, 3.8) is 0 Å². The van der Waals surface area contributed by atoms with Crippen LogP contribution in [0, 0.1) is 0 Å². The Hall–Kier alpha value is -2.64. The normalized spacial score (nSPS) is 14.8. The summed E-state index contributed by atoms with van der Waals surface area (Å²) in [5.41, 5.74) is 8.54. The predicted molar refractivity (Wildman–Crippen MR) is 118 cm³/mol. The fraction of sp³-hybridized carbons (Fsp3) is 0.318. The maximum absolute atomic E-state index is 5.87. The highest BCUT2D eigenvalue weighted by molar-refractivity contribution is 8.00. The molecule has 150 valence electrons. The number of nitrogen functional groups attached to an aromatic ring is 1. The standard InChI is InChI=1S/C22H25N5OS/c1-22(2,29-18-7-9-24-10-8-18)19-15-20(27-11-13-28-14-12-27)26-21(25-19)16-3-5-17(23)6-4-16/h3-10,15H,11-14,23H2,1-2H3. The van der Waals surface area contributed by atoms with E-state index in [0.29, 0.717) is 19.0 Å². The molecule has 1 aliphatic heterocycles. The largest absolute Gasteiger partial charge is 0.399 e. The Kier molecular flexibility index (Phi) is 5.69. The molecule has 1 aliphatic rings. The number of benzene rings is 1. The number of nitrogens with zero attached hydrogens (tertiary/aromatic N) is 4. The summed E-state index contributed by atoms with van der Waals surface area (Å²) in [7, 11) is 0. The molecule has 3 heterocycles. The van der Waals surface area contributed by atoms with Crippen LogP contribution < -0.4 is 10.6 Å². The fourth-order valence-electron chi connectivity index (χ4n) is 3.21. The number of ether oxygens (including phenoxy) is 1. The predicted octanol–water partition coefficient (Wildman–Crippen LogP) is 3.98. The van der Waals surface area contributed by atoms with E-state index in [9.17, 15) is 0 Å². The molecule has 1 aromatic carbocycles. The lowest BCUT2D eigenvalue weighted by Gasteiger charge is -2.30. The summed E-state index contributed by atoms with van der Waals surface area (Å²) in [5, 5.41) is 0. The minimum Gasteiger partial charge on any atom is -0.399 e. The van der Waals surface area contributed by atoms with Crippen LogP contribution in [0.2, 0.25) is 0 Å². The van der Waals surface area contributed by atoms with Gasteiger partial charge in [0.15, 0.2) is 5.82 Å². The molecule has 0 atom stereocenters. The summed E-state index contributed by atoms with van der Waals surface area (Å²) in [4.78, 5) is 17.4. The number of pyridine rings is 1. The van der Waals surface area contributed by atoms with Gasteiger partial charge in [0.2, 0.25) is 0 Å². The van der Waals surface area contributed by atoms with Crippen LogP contribution in [-0.2, 0) is 9.48 Å². The number of nitrogens with two attached hydrogens (primary N) is 1. The Balaban J connectivity index is 1.75. The fourth-order valence-corrected chi connectivity index (χ4v) is 4.27. The van der Waals surface area contributed by atoms with Gasteiger partial charge in [-0.2, -0.15) is 0 Å². The third kappa shape index (κ3) is 4.68. The van der Waals surface area contributed by atoms with Gasteiger partial charge in [-0.3, -0.25) is 4.98 Å². The molecule has 0 radical (unpaired) electrons. The zero-order valence-electron chi connectivity index (χ0n) is 16.7. The lowest BCUT2D eigenvalue weighted by Crippen LogP contribution is -2.37. The average molecular weight is 408 g/mol. The van der Waals surface area contributed by atoms with Crippen LogP contribution >= 0.6 is 11.8 Å². The molecule has 4 rings (SSSR count). The van der Waals surface area contributed by atoms with Crippen molar-refractivity contribution in [2.24, 2.45) is 0 Å². The quantitative estimate of drug-likeness (QED) is 0.506. The van der Waals surface area contributed by atoms with E-state index in [1.54, 1.807) is 11.8 Å². The van der Waals surface area contributed by atoms with E-state index in [1.807, 2.05) is 48.8 Å². The van der Waals surface area contributed by atoms with Crippen molar-refractivity contribution in [2.75, 3.05) is 36.9 Å². The first kappa shape index (κ1) is 19.7. The summed E-state index contributed by atoms with van der Waals surface area (Å²) < 4.78 is 5.27. The van der Waals surface area contributed by atoms with Gasteiger partial charge in [0.25, 0.3) is 0 Å². The Labute approximate surface area is 175 Å². The van der Waals surface area contributed by atoms with Crippen LogP contribution in [-0.4, -0.2) is 41.3 Å². The summed E-state index contributed by atoms with van der Waals surface area (Å²) in [6, 6.07) is 13.9. The molecule has 0 aliphatic carbocycles. The maximum atomic E-state index is 5.87. The van der Waals surface area contributed by atoms with E-state index >= 15 is 0 Å². The highest BCUT2D eigenvalue weighted by atomic mass is 32.2. The first-order chi connectivity index (χ1) is 14.0. The van der Waals surface area contributed by atoms with Crippen LogP contribution in [0.25, 0.3) is 11.4 Å². The first-order valence-electron chi connectivity index (χ1n) is 9.68. The van der Waals surface area contributed by atoms with E-state index in [4.69, 9.17) is 20.4 Å². The molecule has 1 fully saturated rings. The van der Waals surface area contributed by atoms with E-state index < -0.39 is 0 Å². The molecule has 0 amide bonds. The molecule has 0 unspecified atom stereocenters. The van der Waals surface area contributed by atoms with Crippen LogP contribution in [0.1, 0.15) is 19.5 Å². The average Bonchev–Trinajstić information content (AvgIpc) is 2.75. The molecule has 0 saturated carbocycles. The minimum atomic E-state index is -0.242. The van der Waals surface area contributed by atoms with Crippen LogP contribution in [0.3, 0.4) is 0 Å². The second kappa shape index (κ2) is 8.39. The monoisotopic (exact) mass is 407 g/mol. The van der Waals surface area contributed by atoms with E-state index in [1.165, 1.54) is 0 Å². The van der Waals surface area contributed by atoms with Crippen molar-refractivity contribution in [1.29, 1.82) is 0 Å². The maximum Gasteiger partial charge on any atom is 0.161 e. The lowest BCUT2D eigenvalue weighted by molar-refractivity contribution is 0.122. The molecule has 2 aromatic heterocycles. The molecule has 29 heavy (non-hydrogen) atoms. The molecule has 7 heteroatoms. The van der Waals surface area contributed by atoms with Crippen LogP contribution in [0.4, 0.5) is 11.5 Å². The molecule has 2 N–H and O–H groups in total. The van der Waals surface area contributed by atoms with Crippen molar-refractivity contribution >= 4 is 23.3 Å². The van der Waals surface area contributed by atoms with Crippen LogP contribution in [0.15, 0.2) is 59.8 Å². The number of aromatic nitrogens is 3. The molecule has 3 aromatic rings. The third-order valence-electron chi connectivity index (χ3n) is 4.86. The number of rotatable bonds is 5.